The van der Waals surface area contributed by atoms with Gasteiger partial charge >= 0.3 is 5.97 Å². The molecule has 0 aliphatic carbocycles. The first-order chi connectivity index (χ1) is 9.58. The number of rotatable bonds is 4. The van der Waals surface area contributed by atoms with Crippen molar-refractivity contribution in [1.29, 1.82) is 0 Å². The Hall–Kier alpha value is -2.54. The molecule has 0 aromatic carbocycles. The number of aromatic nitrogens is 1. The number of aliphatic carboxylic acids is 1. The van der Waals surface area contributed by atoms with Gasteiger partial charge in [-0.1, -0.05) is 0 Å². The molecule has 2 rings (SSSR count). The molecule has 102 valence electrons. The van der Waals surface area contributed by atoms with Gasteiger partial charge in [-0.15, -0.1) is 11.3 Å². The van der Waals surface area contributed by atoms with Crippen LogP contribution in [-0.2, 0) is 4.79 Å². The molecule has 0 bridgehead atoms. The number of carboxylic acids is 1. The number of nitrogens with one attached hydrogen (secondary N) is 1. The lowest BCUT2D eigenvalue weighted by Crippen LogP contribution is -2.12. The van der Waals surface area contributed by atoms with E-state index in [0.29, 0.717) is 10.4 Å². The molecule has 2 N–H and O–H groups in total. The third-order valence-corrected chi connectivity index (χ3v) is 3.26. The van der Waals surface area contributed by atoms with Gasteiger partial charge in [0.1, 0.15) is 0 Å². The molecule has 0 fully saturated rings. The minimum absolute atomic E-state index is 0.0200. The molecule has 20 heavy (non-hydrogen) atoms. The molecule has 1 amide bonds. The second kappa shape index (κ2) is 6.07. The molecule has 0 aliphatic heterocycles. The van der Waals surface area contributed by atoms with Crippen LogP contribution in [0.25, 0.3) is 6.08 Å². The van der Waals surface area contributed by atoms with Gasteiger partial charge in [0.25, 0.3) is 5.91 Å². The summed E-state index contributed by atoms with van der Waals surface area (Å²) < 4.78 is 13.4. The maximum absolute atomic E-state index is 13.4. The molecule has 0 unspecified atom stereocenters. The topological polar surface area (TPSA) is 79.3 Å². The van der Waals surface area contributed by atoms with Gasteiger partial charge in [0.05, 0.1) is 16.8 Å². The summed E-state index contributed by atoms with van der Waals surface area (Å²) in [7, 11) is 0. The molecule has 0 spiro atoms. The first-order valence-electron chi connectivity index (χ1n) is 5.47. The summed E-state index contributed by atoms with van der Waals surface area (Å²) in [4.78, 5) is 26.4. The lowest BCUT2D eigenvalue weighted by atomic mass is 10.2. The van der Waals surface area contributed by atoms with Gasteiger partial charge in [-0.05, 0) is 29.2 Å². The number of hydrogen-bond donors (Lipinski definition) is 2. The number of anilines is 1. The largest absolute Gasteiger partial charge is 0.478 e. The summed E-state index contributed by atoms with van der Waals surface area (Å²) >= 11 is 1.14. The van der Waals surface area contributed by atoms with Crippen LogP contribution in [0.5, 0.6) is 0 Å². The van der Waals surface area contributed by atoms with E-state index in [1.54, 1.807) is 11.4 Å². The average Bonchev–Trinajstić information content (AvgIpc) is 2.87. The Morgan fingerprint density at radius 1 is 1.40 bits per heavy atom. The molecule has 5 nitrogen and oxygen atoms in total. The van der Waals surface area contributed by atoms with Crippen LogP contribution in [-0.4, -0.2) is 22.0 Å². The van der Waals surface area contributed by atoms with E-state index in [1.165, 1.54) is 18.3 Å². The fraction of sp³-hybridized carbons (Fsp3) is 0. The smallest absolute Gasteiger partial charge is 0.328 e. The molecule has 2 heterocycles. The molecule has 0 aliphatic rings. The number of carbonyl (C=O) groups excluding carboxylic acids is 1. The lowest BCUT2D eigenvalue weighted by molar-refractivity contribution is -0.131. The molecule has 0 saturated heterocycles. The highest BCUT2D eigenvalue weighted by Crippen LogP contribution is 2.21. The molecular weight excluding hydrogens is 283 g/mol. The Balaban J connectivity index is 2.20. The summed E-state index contributed by atoms with van der Waals surface area (Å²) in [5, 5.41) is 12.6. The van der Waals surface area contributed by atoms with E-state index in [-0.39, 0.29) is 5.69 Å². The highest BCUT2D eigenvalue weighted by molar-refractivity contribution is 7.12. The number of thiophene rings is 1. The van der Waals surface area contributed by atoms with Crippen molar-refractivity contribution in [1.82, 2.24) is 4.98 Å². The van der Waals surface area contributed by atoms with E-state index in [4.69, 9.17) is 5.11 Å². The van der Waals surface area contributed by atoms with Crippen LogP contribution in [0.15, 0.2) is 36.0 Å². The van der Waals surface area contributed by atoms with Crippen molar-refractivity contribution in [3.8, 4) is 0 Å². The fourth-order valence-corrected chi connectivity index (χ4v) is 2.23. The highest BCUT2D eigenvalue weighted by Gasteiger charge is 2.13. The number of pyridine rings is 1. The quantitative estimate of drug-likeness (QED) is 0.849. The van der Waals surface area contributed by atoms with Crippen molar-refractivity contribution in [3.63, 3.8) is 0 Å². The lowest BCUT2D eigenvalue weighted by Gasteiger charge is -2.05. The number of nitrogens with zero attached hydrogens (tertiary/aromatic N) is 1. The Morgan fingerprint density at radius 2 is 2.20 bits per heavy atom. The van der Waals surface area contributed by atoms with Gasteiger partial charge in [0.2, 0.25) is 0 Å². The number of carboxylic acid groups (broad SMARTS) is 1. The minimum atomic E-state index is -1.11. The summed E-state index contributed by atoms with van der Waals surface area (Å²) in [5.41, 5.74) is 0.482. The second-order valence-corrected chi connectivity index (χ2v) is 4.60. The molecule has 2 aromatic rings. The molecular formula is C13H9FN2O3S. The summed E-state index contributed by atoms with van der Waals surface area (Å²) in [5.74, 6) is -2.25. The zero-order valence-corrected chi connectivity index (χ0v) is 10.9. The van der Waals surface area contributed by atoms with Crippen LogP contribution in [0.1, 0.15) is 15.2 Å². The number of carbonyl (C=O) groups is 2. The Morgan fingerprint density at radius 3 is 2.90 bits per heavy atom. The Kier molecular flexibility index (Phi) is 4.21. The third kappa shape index (κ3) is 3.27. The van der Waals surface area contributed by atoms with Crippen LogP contribution in [0.2, 0.25) is 0 Å². The molecule has 2 aromatic heterocycles. The zero-order valence-electron chi connectivity index (χ0n) is 10.0. The van der Waals surface area contributed by atoms with Crippen molar-refractivity contribution in [2.24, 2.45) is 0 Å². The SMILES string of the molecule is O=C(O)/C=C/c1ccsc1C(=O)Nc1ccncc1F. The van der Waals surface area contributed by atoms with Gasteiger partial charge < -0.3 is 10.4 Å². The van der Waals surface area contributed by atoms with Crippen molar-refractivity contribution in [2.75, 3.05) is 5.32 Å². The van der Waals surface area contributed by atoms with E-state index >= 15 is 0 Å². The van der Waals surface area contributed by atoms with Crippen LogP contribution in [0.3, 0.4) is 0 Å². The predicted octanol–water partition coefficient (Wildman–Crippen LogP) is 2.63. The van der Waals surface area contributed by atoms with Crippen LogP contribution < -0.4 is 5.32 Å². The van der Waals surface area contributed by atoms with E-state index in [0.717, 1.165) is 23.6 Å². The number of hydrogen-bond acceptors (Lipinski definition) is 4. The monoisotopic (exact) mass is 292 g/mol. The molecule has 0 saturated carbocycles. The first-order valence-corrected chi connectivity index (χ1v) is 6.35. The molecule has 0 radical (unpaired) electrons. The van der Waals surface area contributed by atoms with Crippen LogP contribution in [0.4, 0.5) is 10.1 Å². The van der Waals surface area contributed by atoms with Gasteiger partial charge in [-0.2, -0.15) is 0 Å². The molecule has 0 atom stereocenters. The van der Waals surface area contributed by atoms with Crippen molar-refractivity contribution in [3.05, 3.63) is 52.2 Å². The van der Waals surface area contributed by atoms with E-state index in [9.17, 15) is 14.0 Å². The average molecular weight is 292 g/mol. The van der Waals surface area contributed by atoms with Crippen molar-refractivity contribution >= 4 is 35.0 Å². The maximum Gasteiger partial charge on any atom is 0.328 e. The highest BCUT2D eigenvalue weighted by atomic mass is 32.1. The third-order valence-electron chi connectivity index (χ3n) is 2.33. The summed E-state index contributed by atoms with van der Waals surface area (Å²) in [6.45, 7) is 0. The van der Waals surface area contributed by atoms with Crippen molar-refractivity contribution < 1.29 is 19.1 Å². The standard InChI is InChI=1S/C13H9FN2O3S/c14-9-7-15-5-3-10(9)16-13(19)12-8(4-6-20-12)1-2-11(17)18/h1-7H,(H,17,18)(H,15,16,19)/b2-1+. The minimum Gasteiger partial charge on any atom is -0.478 e. The molecule has 7 heteroatoms. The number of halogens is 1. The van der Waals surface area contributed by atoms with Gasteiger partial charge in [-0.25, -0.2) is 9.18 Å². The van der Waals surface area contributed by atoms with Gasteiger partial charge in [0, 0.05) is 12.3 Å². The van der Waals surface area contributed by atoms with E-state index < -0.39 is 17.7 Å². The van der Waals surface area contributed by atoms with Gasteiger partial charge in [0.15, 0.2) is 5.82 Å². The van der Waals surface area contributed by atoms with E-state index in [2.05, 4.69) is 10.3 Å². The fourth-order valence-electron chi connectivity index (χ4n) is 1.45. The first kappa shape index (κ1) is 13.9. The van der Waals surface area contributed by atoms with Crippen LogP contribution >= 0.6 is 11.3 Å². The predicted molar refractivity (Wildman–Crippen MR) is 73.1 cm³/mol. The Bertz CT molecular complexity index is 682. The maximum atomic E-state index is 13.4. The van der Waals surface area contributed by atoms with Crippen molar-refractivity contribution in [2.45, 2.75) is 0 Å². The summed E-state index contributed by atoms with van der Waals surface area (Å²) in [6.07, 6.45) is 4.61. The van der Waals surface area contributed by atoms with E-state index in [1.807, 2.05) is 0 Å². The normalized spacial score (nSPS) is 10.7. The second-order valence-electron chi connectivity index (χ2n) is 3.69. The van der Waals surface area contributed by atoms with Gasteiger partial charge in [-0.3, -0.25) is 9.78 Å². The number of amides is 1. The zero-order chi connectivity index (χ0) is 14.5. The van der Waals surface area contributed by atoms with Crippen LogP contribution in [0, 0.1) is 5.82 Å². The Labute approximate surface area is 117 Å². The summed E-state index contributed by atoms with van der Waals surface area (Å²) in [6, 6.07) is 2.95.